The quantitative estimate of drug-likeness (QED) is 0.901. The molecule has 1 N–H and O–H groups in total. The number of amides is 2. The number of hydrogen-bond acceptors (Lipinski definition) is 3. The molecule has 0 saturated carbocycles. The highest BCUT2D eigenvalue weighted by atomic mass is 16.6. The van der Waals surface area contributed by atoms with Crippen LogP contribution in [0.2, 0.25) is 0 Å². The summed E-state index contributed by atoms with van der Waals surface area (Å²) in [4.78, 5) is 31.8. The Morgan fingerprint density at radius 1 is 1.04 bits per heavy atom. The third kappa shape index (κ3) is 5.12. The number of aromatic amines is 1. The van der Waals surface area contributed by atoms with Gasteiger partial charge in [0.05, 0.1) is 6.42 Å². The van der Waals surface area contributed by atoms with Crippen molar-refractivity contribution in [2.75, 3.05) is 26.2 Å². The van der Waals surface area contributed by atoms with Crippen molar-refractivity contribution in [2.45, 2.75) is 33.3 Å². The Morgan fingerprint density at radius 3 is 2.44 bits per heavy atom. The Morgan fingerprint density at radius 2 is 1.74 bits per heavy atom. The maximum absolute atomic E-state index is 12.6. The molecule has 0 unspecified atom stereocenters. The normalized spacial score (nSPS) is 14.7. The molecule has 1 saturated heterocycles. The summed E-state index contributed by atoms with van der Waals surface area (Å²) in [5, 5.41) is 0. The number of carbonyl (C=O) groups is 2. The fourth-order valence-electron chi connectivity index (χ4n) is 3.40. The van der Waals surface area contributed by atoms with Gasteiger partial charge in [0.25, 0.3) is 0 Å². The first-order valence-corrected chi connectivity index (χ1v) is 9.41. The second-order valence-corrected chi connectivity index (χ2v) is 7.04. The van der Waals surface area contributed by atoms with E-state index in [1.165, 1.54) is 0 Å². The van der Waals surface area contributed by atoms with Crippen molar-refractivity contribution in [1.82, 2.24) is 14.8 Å². The van der Waals surface area contributed by atoms with Crippen LogP contribution >= 0.6 is 0 Å². The van der Waals surface area contributed by atoms with Crippen molar-refractivity contribution < 1.29 is 14.3 Å². The molecule has 1 aromatic carbocycles. The summed E-state index contributed by atoms with van der Waals surface area (Å²) in [7, 11) is 0. The van der Waals surface area contributed by atoms with Crippen LogP contribution in [-0.2, 0) is 22.6 Å². The van der Waals surface area contributed by atoms with Gasteiger partial charge in [-0.3, -0.25) is 4.79 Å². The maximum Gasteiger partial charge on any atom is 0.410 e. The van der Waals surface area contributed by atoms with Crippen molar-refractivity contribution in [3.63, 3.8) is 0 Å². The van der Waals surface area contributed by atoms with E-state index >= 15 is 0 Å². The second kappa shape index (κ2) is 8.75. The van der Waals surface area contributed by atoms with Crippen LogP contribution in [-0.4, -0.2) is 53.0 Å². The molecular weight excluding hydrogens is 342 g/mol. The van der Waals surface area contributed by atoms with E-state index in [-0.39, 0.29) is 18.6 Å². The van der Waals surface area contributed by atoms with E-state index in [9.17, 15) is 9.59 Å². The van der Waals surface area contributed by atoms with E-state index in [0.717, 1.165) is 28.9 Å². The van der Waals surface area contributed by atoms with Crippen LogP contribution in [0.15, 0.2) is 36.4 Å². The number of nitrogens with zero attached hydrogens (tertiary/aromatic N) is 2. The summed E-state index contributed by atoms with van der Waals surface area (Å²) in [6.07, 6.45) is 0.844. The first kappa shape index (κ1) is 19.0. The van der Waals surface area contributed by atoms with Crippen LogP contribution < -0.4 is 0 Å². The van der Waals surface area contributed by atoms with Crippen LogP contribution in [0.3, 0.4) is 0 Å². The van der Waals surface area contributed by atoms with Gasteiger partial charge in [-0.05, 0) is 37.5 Å². The number of ether oxygens (including phenoxy) is 1. The molecule has 144 valence electrons. The molecule has 3 rings (SSSR count). The molecule has 2 amide bonds. The minimum atomic E-state index is -0.315. The van der Waals surface area contributed by atoms with E-state index < -0.39 is 0 Å². The molecule has 0 aliphatic carbocycles. The first-order valence-electron chi connectivity index (χ1n) is 9.41. The molecule has 6 heteroatoms. The minimum Gasteiger partial charge on any atom is -0.445 e. The fourth-order valence-corrected chi connectivity index (χ4v) is 3.40. The molecule has 27 heavy (non-hydrogen) atoms. The Balaban J connectivity index is 1.50. The lowest BCUT2D eigenvalue weighted by atomic mass is 10.1. The zero-order valence-electron chi connectivity index (χ0n) is 16.0. The van der Waals surface area contributed by atoms with Crippen LogP contribution in [0.1, 0.15) is 28.9 Å². The molecule has 2 heterocycles. The molecule has 6 nitrogen and oxygen atoms in total. The second-order valence-electron chi connectivity index (χ2n) is 7.04. The fraction of sp³-hybridized carbons (Fsp3) is 0.429. The third-order valence-electron chi connectivity index (χ3n) is 4.91. The maximum atomic E-state index is 12.6. The lowest BCUT2D eigenvalue weighted by Gasteiger charge is -2.22. The summed E-state index contributed by atoms with van der Waals surface area (Å²) in [6, 6.07) is 11.7. The standard InChI is InChI=1S/C21H27N3O3/c1-16-13-19(17(2)22-16)14-20(25)23-9-6-10-24(12-11-23)21(26)27-15-18-7-4-3-5-8-18/h3-5,7-8,13,22H,6,9-12,14-15H2,1-2H3. The number of rotatable bonds is 4. The number of aromatic nitrogens is 1. The number of benzene rings is 1. The van der Waals surface area contributed by atoms with Gasteiger partial charge in [0.1, 0.15) is 6.61 Å². The lowest BCUT2D eigenvalue weighted by Crippen LogP contribution is -2.38. The van der Waals surface area contributed by atoms with Crippen LogP contribution in [0.4, 0.5) is 4.79 Å². The zero-order chi connectivity index (χ0) is 19.2. The van der Waals surface area contributed by atoms with Gasteiger partial charge in [-0.25, -0.2) is 4.79 Å². The number of nitrogens with one attached hydrogen (secondary N) is 1. The number of aryl methyl sites for hydroxylation is 2. The van der Waals surface area contributed by atoms with Crippen molar-refractivity contribution in [2.24, 2.45) is 0 Å². The van der Waals surface area contributed by atoms with Gasteiger partial charge in [0, 0.05) is 37.6 Å². The Kier molecular flexibility index (Phi) is 6.16. The van der Waals surface area contributed by atoms with Crippen LogP contribution in [0.25, 0.3) is 0 Å². The lowest BCUT2D eigenvalue weighted by molar-refractivity contribution is -0.130. The van der Waals surface area contributed by atoms with Crippen molar-refractivity contribution in [3.8, 4) is 0 Å². The third-order valence-corrected chi connectivity index (χ3v) is 4.91. The predicted octanol–water partition coefficient (Wildman–Crippen LogP) is 3.05. The van der Waals surface area contributed by atoms with E-state index in [1.54, 1.807) is 4.90 Å². The van der Waals surface area contributed by atoms with Crippen LogP contribution in [0.5, 0.6) is 0 Å². The van der Waals surface area contributed by atoms with Crippen molar-refractivity contribution in [1.29, 1.82) is 0 Å². The Bertz CT molecular complexity index is 785. The van der Waals surface area contributed by atoms with Gasteiger partial charge in [0.15, 0.2) is 0 Å². The van der Waals surface area contributed by atoms with Gasteiger partial charge < -0.3 is 19.5 Å². The van der Waals surface area contributed by atoms with Crippen LogP contribution in [0, 0.1) is 13.8 Å². The molecule has 1 aliphatic heterocycles. The van der Waals surface area contributed by atoms with Gasteiger partial charge in [-0.2, -0.15) is 0 Å². The highest BCUT2D eigenvalue weighted by molar-refractivity contribution is 5.79. The van der Waals surface area contributed by atoms with Gasteiger partial charge in [0.2, 0.25) is 5.91 Å². The number of H-pyrrole nitrogens is 1. The molecule has 0 bridgehead atoms. The Hall–Kier alpha value is -2.76. The highest BCUT2D eigenvalue weighted by Crippen LogP contribution is 2.13. The average Bonchev–Trinajstić information content (AvgIpc) is 2.86. The van der Waals surface area contributed by atoms with E-state index in [0.29, 0.717) is 32.6 Å². The molecule has 1 aromatic heterocycles. The van der Waals surface area contributed by atoms with Gasteiger partial charge in [-0.1, -0.05) is 30.3 Å². The topological polar surface area (TPSA) is 65.6 Å². The molecule has 0 atom stereocenters. The summed E-state index contributed by atoms with van der Waals surface area (Å²) < 4.78 is 5.41. The van der Waals surface area contributed by atoms with E-state index in [1.807, 2.05) is 55.1 Å². The monoisotopic (exact) mass is 369 g/mol. The van der Waals surface area contributed by atoms with Gasteiger partial charge in [-0.15, -0.1) is 0 Å². The Labute approximate surface area is 160 Å². The molecule has 0 spiro atoms. The summed E-state index contributed by atoms with van der Waals surface area (Å²) in [6.45, 7) is 6.58. The highest BCUT2D eigenvalue weighted by Gasteiger charge is 2.23. The van der Waals surface area contributed by atoms with E-state index in [4.69, 9.17) is 4.74 Å². The molecule has 1 fully saturated rings. The zero-order valence-corrected chi connectivity index (χ0v) is 16.0. The van der Waals surface area contributed by atoms with Gasteiger partial charge >= 0.3 is 6.09 Å². The first-order chi connectivity index (χ1) is 13.0. The number of hydrogen-bond donors (Lipinski definition) is 1. The summed E-state index contributed by atoms with van der Waals surface area (Å²) >= 11 is 0. The smallest absolute Gasteiger partial charge is 0.410 e. The molecular formula is C21H27N3O3. The summed E-state index contributed by atoms with van der Waals surface area (Å²) in [5.74, 6) is 0.108. The SMILES string of the molecule is Cc1cc(CC(=O)N2CCCN(C(=O)OCc3ccccc3)CC2)c(C)[nH]1. The molecule has 1 aliphatic rings. The largest absolute Gasteiger partial charge is 0.445 e. The number of carbonyl (C=O) groups excluding carboxylic acids is 2. The van der Waals surface area contributed by atoms with Crippen molar-refractivity contribution >= 4 is 12.0 Å². The minimum absolute atomic E-state index is 0.108. The molecule has 2 aromatic rings. The predicted molar refractivity (Wildman–Crippen MR) is 103 cm³/mol. The molecule has 0 radical (unpaired) electrons. The average molecular weight is 369 g/mol. The van der Waals surface area contributed by atoms with Crippen molar-refractivity contribution in [3.05, 3.63) is 58.9 Å². The summed E-state index contributed by atoms with van der Waals surface area (Å²) in [5.41, 5.74) is 4.12. The van der Waals surface area contributed by atoms with E-state index in [2.05, 4.69) is 4.98 Å².